The van der Waals surface area contributed by atoms with E-state index in [0.29, 0.717) is 23.6 Å². The van der Waals surface area contributed by atoms with Crippen LogP contribution in [-0.2, 0) is 10.0 Å². The minimum absolute atomic E-state index is 0.252. The molecule has 0 aliphatic carbocycles. The van der Waals surface area contributed by atoms with Crippen molar-refractivity contribution in [1.82, 2.24) is 4.72 Å². The van der Waals surface area contributed by atoms with Gasteiger partial charge in [-0.2, -0.15) is 0 Å². The molecular formula is C15H22N2O2S. The number of rotatable bonds is 5. The van der Waals surface area contributed by atoms with Crippen molar-refractivity contribution >= 4 is 10.0 Å². The van der Waals surface area contributed by atoms with Gasteiger partial charge in [-0.1, -0.05) is 38.2 Å². The molecule has 110 valence electrons. The van der Waals surface area contributed by atoms with Crippen LogP contribution in [0.15, 0.2) is 23.1 Å². The summed E-state index contributed by atoms with van der Waals surface area (Å²) in [6, 6.07) is 5.15. The minimum Gasteiger partial charge on any atom is -0.320 e. The van der Waals surface area contributed by atoms with Gasteiger partial charge in [0.25, 0.3) is 0 Å². The van der Waals surface area contributed by atoms with Gasteiger partial charge in [0.05, 0.1) is 11.4 Å². The van der Waals surface area contributed by atoms with Crippen LogP contribution in [0.4, 0.5) is 0 Å². The molecule has 0 bridgehead atoms. The highest BCUT2D eigenvalue weighted by Gasteiger charge is 2.17. The molecule has 4 nitrogen and oxygen atoms in total. The lowest BCUT2D eigenvalue weighted by Crippen LogP contribution is -2.28. The largest absolute Gasteiger partial charge is 0.320 e. The number of hydrogen-bond acceptors (Lipinski definition) is 3. The van der Waals surface area contributed by atoms with E-state index < -0.39 is 10.0 Å². The Morgan fingerprint density at radius 3 is 2.70 bits per heavy atom. The lowest BCUT2D eigenvalue weighted by atomic mass is 10.1. The Morgan fingerprint density at radius 1 is 1.40 bits per heavy atom. The normalized spacial score (nSPS) is 12.6. The predicted molar refractivity (Wildman–Crippen MR) is 81.8 cm³/mol. The van der Waals surface area contributed by atoms with Crippen molar-refractivity contribution in [3.05, 3.63) is 29.3 Å². The van der Waals surface area contributed by atoms with Crippen LogP contribution in [0.25, 0.3) is 0 Å². The van der Waals surface area contributed by atoms with E-state index in [9.17, 15) is 8.42 Å². The smallest absolute Gasteiger partial charge is 0.240 e. The molecule has 3 N–H and O–H groups in total. The van der Waals surface area contributed by atoms with Gasteiger partial charge in [0.1, 0.15) is 0 Å². The molecule has 20 heavy (non-hydrogen) atoms. The van der Waals surface area contributed by atoms with Gasteiger partial charge in [-0.15, -0.1) is 0 Å². The molecule has 0 saturated carbocycles. The molecule has 0 heterocycles. The lowest BCUT2D eigenvalue weighted by molar-refractivity contribution is 0.528. The Kier molecular flexibility index (Phi) is 6.21. The molecule has 1 aromatic carbocycles. The Hall–Kier alpha value is -1.35. The SMILES string of the molecule is CCC(C)CNS(=O)(=O)c1cc(C#CCN)ccc1C. The average molecular weight is 294 g/mol. The molecule has 5 heteroatoms. The Morgan fingerprint density at radius 2 is 2.10 bits per heavy atom. The molecule has 0 aliphatic heterocycles. The standard InChI is InChI=1S/C15H22N2O2S/c1-4-12(2)11-17-20(18,19)15-10-14(6-5-9-16)8-7-13(15)3/h7-8,10,12,17H,4,9,11,16H2,1-3H3. The fourth-order valence-electron chi connectivity index (χ4n) is 1.59. The van der Waals surface area contributed by atoms with Gasteiger partial charge in [-0.05, 0) is 30.5 Å². The summed E-state index contributed by atoms with van der Waals surface area (Å²) in [5.41, 5.74) is 6.69. The third-order valence-electron chi connectivity index (χ3n) is 3.13. The van der Waals surface area contributed by atoms with E-state index in [1.807, 2.05) is 13.8 Å². The van der Waals surface area contributed by atoms with Crippen LogP contribution in [0.1, 0.15) is 31.4 Å². The fourth-order valence-corrected chi connectivity index (χ4v) is 3.03. The van der Waals surface area contributed by atoms with E-state index in [1.165, 1.54) is 0 Å². The summed E-state index contributed by atoms with van der Waals surface area (Å²) >= 11 is 0. The third-order valence-corrected chi connectivity index (χ3v) is 4.70. The lowest BCUT2D eigenvalue weighted by Gasteiger charge is -2.12. The Balaban J connectivity index is 3.04. The van der Waals surface area contributed by atoms with Crippen LogP contribution < -0.4 is 10.5 Å². The maximum Gasteiger partial charge on any atom is 0.240 e. The Labute approximate surface area is 121 Å². The van der Waals surface area contributed by atoms with Crippen LogP contribution in [0, 0.1) is 24.7 Å². The van der Waals surface area contributed by atoms with E-state index in [-0.39, 0.29) is 11.4 Å². The molecule has 1 unspecified atom stereocenters. The van der Waals surface area contributed by atoms with Gasteiger partial charge in [0.2, 0.25) is 10.0 Å². The van der Waals surface area contributed by atoms with Crippen LogP contribution in [0.2, 0.25) is 0 Å². The average Bonchev–Trinajstić information content (AvgIpc) is 2.43. The highest BCUT2D eigenvalue weighted by atomic mass is 32.2. The van der Waals surface area contributed by atoms with Gasteiger partial charge < -0.3 is 5.73 Å². The van der Waals surface area contributed by atoms with Gasteiger partial charge in [0, 0.05) is 12.1 Å². The Bertz CT molecular complexity index is 612. The molecule has 0 fully saturated rings. The first kappa shape index (κ1) is 16.7. The van der Waals surface area contributed by atoms with Crippen LogP contribution >= 0.6 is 0 Å². The highest BCUT2D eigenvalue weighted by molar-refractivity contribution is 7.89. The molecular weight excluding hydrogens is 272 g/mol. The quantitative estimate of drug-likeness (QED) is 0.811. The zero-order chi connectivity index (χ0) is 15.2. The number of hydrogen-bond donors (Lipinski definition) is 2. The van der Waals surface area contributed by atoms with E-state index in [4.69, 9.17) is 5.73 Å². The second-order valence-corrected chi connectivity index (χ2v) is 6.59. The zero-order valence-corrected chi connectivity index (χ0v) is 13.0. The topological polar surface area (TPSA) is 72.2 Å². The van der Waals surface area contributed by atoms with Crippen molar-refractivity contribution in [3.8, 4) is 11.8 Å². The van der Waals surface area contributed by atoms with Crippen LogP contribution in [0.5, 0.6) is 0 Å². The molecule has 0 radical (unpaired) electrons. The van der Waals surface area contributed by atoms with Crippen molar-refractivity contribution in [2.45, 2.75) is 32.1 Å². The van der Waals surface area contributed by atoms with Crippen molar-refractivity contribution < 1.29 is 8.42 Å². The number of aryl methyl sites for hydroxylation is 1. The fraction of sp³-hybridized carbons (Fsp3) is 0.467. The molecule has 1 rings (SSSR count). The van der Waals surface area contributed by atoms with E-state index in [1.54, 1.807) is 25.1 Å². The zero-order valence-electron chi connectivity index (χ0n) is 12.2. The highest BCUT2D eigenvalue weighted by Crippen LogP contribution is 2.17. The van der Waals surface area contributed by atoms with Crippen molar-refractivity contribution in [2.75, 3.05) is 13.1 Å². The van der Waals surface area contributed by atoms with Gasteiger partial charge >= 0.3 is 0 Å². The first-order chi connectivity index (χ1) is 9.40. The molecule has 1 atom stereocenters. The summed E-state index contributed by atoms with van der Waals surface area (Å²) in [4.78, 5) is 0.282. The molecule has 0 aromatic heterocycles. The number of sulfonamides is 1. The monoisotopic (exact) mass is 294 g/mol. The summed E-state index contributed by atoms with van der Waals surface area (Å²) in [5.74, 6) is 5.89. The number of benzene rings is 1. The predicted octanol–water partition coefficient (Wildman–Crippen LogP) is 1.63. The summed E-state index contributed by atoms with van der Waals surface area (Å²) in [6.45, 7) is 6.52. The molecule has 1 aromatic rings. The second-order valence-electron chi connectivity index (χ2n) is 4.85. The third kappa shape index (κ3) is 4.64. The maximum absolute atomic E-state index is 12.3. The van der Waals surface area contributed by atoms with Gasteiger partial charge in [0.15, 0.2) is 0 Å². The summed E-state index contributed by atoms with van der Waals surface area (Å²) < 4.78 is 27.3. The summed E-state index contributed by atoms with van der Waals surface area (Å²) in [7, 11) is -3.49. The first-order valence-corrected chi connectivity index (χ1v) is 8.18. The van der Waals surface area contributed by atoms with E-state index >= 15 is 0 Å². The van der Waals surface area contributed by atoms with Gasteiger partial charge in [-0.25, -0.2) is 13.1 Å². The molecule has 0 amide bonds. The van der Waals surface area contributed by atoms with Crippen molar-refractivity contribution in [1.29, 1.82) is 0 Å². The maximum atomic E-state index is 12.3. The van der Waals surface area contributed by atoms with E-state index in [2.05, 4.69) is 16.6 Å². The first-order valence-electron chi connectivity index (χ1n) is 6.70. The summed E-state index contributed by atoms with van der Waals surface area (Å²) in [5, 5.41) is 0. The van der Waals surface area contributed by atoms with Crippen molar-refractivity contribution in [2.24, 2.45) is 11.7 Å². The number of nitrogens with one attached hydrogen (secondary N) is 1. The number of nitrogens with two attached hydrogens (primary N) is 1. The molecule has 0 aliphatic rings. The van der Waals surface area contributed by atoms with Crippen LogP contribution in [-0.4, -0.2) is 21.5 Å². The summed E-state index contributed by atoms with van der Waals surface area (Å²) in [6.07, 6.45) is 0.934. The molecule has 0 spiro atoms. The van der Waals surface area contributed by atoms with Crippen LogP contribution in [0.3, 0.4) is 0 Å². The van der Waals surface area contributed by atoms with Gasteiger partial charge in [-0.3, -0.25) is 0 Å². The minimum atomic E-state index is -3.49. The molecule has 0 saturated heterocycles. The second kappa shape index (κ2) is 7.44. The van der Waals surface area contributed by atoms with E-state index in [0.717, 1.165) is 6.42 Å². The van der Waals surface area contributed by atoms with Crippen molar-refractivity contribution in [3.63, 3.8) is 0 Å².